The van der Waals surface area contributed by atoms with Gasteiger partial charge in [-0.2, -0.15) is 0 Å². The van der Waals surface area contributed by atoms with Crippen LogP contribution in [-0.4, -0.2) is 36.1 Å². The van der Waals surface area contributed by atoms with Crippen LogP contribution in [-0.2, 0) is 18.3 Å². The highest BCUT2D eigenvalue weighted by molar-refractivity contribution is 5.55. The number of nitrogens with zero attached hydrogens (tertiary/aromatic N) is 2. The van der Waals surface area contributed by atoms with Crippen LogP contribution in [0.2, 0.25) is 0 Å². The minimum atomic E-state index is -0.0269. The van der Waals surface area contributed by atoms with Crippen molar-refractivity contribution in [3.8, 4) is 17.2 Å². The van der Waals surface area contributed by atoms with Gasteiger partial charge in [0.25, 0.3) is 0 Å². The predicted octanol–water partition coefficient (Wildman–Crippen LogP) is 1.78. The first-order valence-corrected chi connectivity index (χ1v) is 8.05. The molecule has 0 saturated carbocycles. The summed E-state index contributed by atoms with van der Waals surface area (Å²) >= 11 is 0. The van der Waals surface area contributed by atoms with E-state index in [0.717, 1.165) is 30.2 Å². The molecule has 1 saturated heterocycles. The Hall–Kier alpha value is -2.25. The number of ether oxygens (including phenoxy) is 4. The van der Waals surface area contributed by atoms with Crippen molar-refractivity contribution in [3.63, 3.8) is 0 Å². The van der Waals surface area contributed by atoms with Gasteiger partial charge in [0.1, 0.15) is 11.9 Å². The molecule has 1 N–H and O–H groups in total. The minimum absolute atomic E-state index is 0.0269. The number of hydrogen-bond donors (Lipinski definition) is 1. The highest BCUT2D eigenvalue weighted by Gasteiger charge is 2.32. The van der Waals surface area contributed by atoms with Crippen LogP contribution in [0, 0.1) is 0 Å². The Morgan fingerprint density at radius 3 is 3.08 bits per heavy atom. The quantitative estimate of drug-likeness (QED) is 0.901. The number of nitrogens with one attached hydrogen (secondary N) is 1. The van der Waals surface area contributed by atoms with E-state index < -0.39 is 0 Å². The molecule has 1 aromatic carbocycles. The molecule has 0 radical (unpaired) electrons. The van der Waals surface area contributed by atoms with Crippen LogP contribution in [0.25, 0.3) is 0 Å². The first kappa shape index (κ1) is 15.3. The fourth-order valence-corrected chi connectivity index (χ4v) is 3.24. The molecular formula is C17H21N3O4. The standard InChI is InChI=1S/C17H21N3O4/c1-20-5-4-18-17(20)15-12(3-6-22-15)19-9-11-7-13(21-2)16-14(8-11)23-10-24-16/h4-5,7-8,12,15,19H,3,6,9-10H2,1-2H3/t12-,15-/m0/s1. The lowest BCUT2D eigenvalue weighted by Crippen LogP contribution is -2.32. The van der Waals surface area contributed by atoms with Crippen molar-refractivity contribution in [1.29, 1.82) is 0 Å². The van der Waals surface area contributed by atoms with Crippen molar-refractivity contribution in [3.05, 3.63) is 35.9 Å². The molecule has 2 atom stereocenters. The molecule has 0 spiro atoms. The molecule has 128 valence electrons. The third-order valence-electron chi connectivity index (χ3n) is 4.49. The zero-order valence-corrected chi connectivity index (χ0v) is 13.8. The molecule has 1 fully saturated rings. The number of hydrogen-bond acceptors (Lipinski definition) is 6. The van der Waals surface area contributed by atoms with E-state index in [1.807, 2.05) is 29.9 Å². The van der Waals surface area contributed by atoms with Gasteiger partial charge in [0.15, 0.2) is 11.5 Å². The lowest BCUT2D eigenvalue weighted by molar-refractivity contribution is 0.0893. The van der Waals surface area contributed by atoms with E-state index in [2.05, 4.69) is 10.3 Å². The first-order valence-electron chi connectivity index (χ1n) is 8.05. The van der Waals surface area contributed by atoms with E-state index >= 15 is 0 Å². The first-order chi connectivity index (χ1) is 11.8. The summed E-state index contributed by atoms with van der Waals surface area (Å²) in [6, 6.07) is 4.19. The van der Waals surface area contributed by atoms with Crippen LogP contribution in [0.4, 0.5) is 0 Å². The van der Waals surface area contributed by atoms with E-state index in [1.54, 1.807) is 13.3 Å². The van der Waals surface area contributed by atoms with Crippen molar-refractivity contribution >= 4 is 0 Å². The molecular weight excluding hydrogens is 310 g/mol. The second kappa shape index (κ2) is 6.33. The summed E-state index contributed by atoms with van der Waals surface area (Å²) in [4.78, 5) is 4.42. The number of benzene rings is 1. The normalized spacial score (nSPS) is 22.1. The third kappa shape index (κ3) is 2.70. The number of methoxy groups -OCH3 is 1. The third-order valence-corrected chi connectivity index (χ3v) is 4.49. The van der Waals surface area contributed by atoms with Gasteiger partial charge in [-0.1, -0.05) is 0 Å². The second-order valence-corrected chi connectivity index (χ2v) is 6.00. The van der Waals surface area contributed by atoms with Crippen LogP contribution in [0.15, 0.2) is 24.5 Å². The molecule has 1 aromatic heterocycles. The van der Waals surface area contributed by atoms with Gasteiger partial charge in [-0.05, 0) is 24.1 Å². The molecule has 0 bridgehead atoms. The summed E-state index contributed by atoms with van der Waals surface area (Å²) in [7, 11) is 3.63. The Labute approximate surface area is 140 Å². The lowest BCUT2D eigenvalue weighted by atomic mass is 10.1. The van der Waals surface area contributed by atoms with Crippen molar-refractivity contribution in [2.45, 2.75) is 25.1 Å². The van der Waals surface area contributed by atoms with Gasteiger partial charge >= 0.3 is 0 Å². The maximum atomic E-state index is 5.88. The zero-order valence-electron chi connectivity index (χ0n) is 13.8. The average Bonchev–Trinajstić information content (AvgIpc) is 3.31. The van der Waals surface area contributed by atoms with Crippen LogP contribution in [0.5, 0.6) is 17.2 Å². The number of fused-ring (bicyclic) bond motifs is 1. The van der Waals surface area contributed by atoms with Gasteiger partial charge in [-0.25, -0.2) is 4.98 Å². The Morgan fingerprint density at radius 1 is 1.38 bits per heavy atom. The summed E-state index contributed by atoms with van der Waals surface area (Å²) in [5.41, 5.74) is 1.08. The predicted molar refractivity (Wildman–Crippen MR) is 86.3 cm³/mol. The Bertz CT molecular complexity index is 731. The summed E-state index contributed by atoms with van der Waals surface area (Å²) in [6.07, 6.45) is 4.67. The van der Waals surface area contributed by atoms with E-state index in [1.165, 1.54) is 0 Å². The van der Waals surface area contributed by atoms with Gasteiger partial charge in [0.05, 0.1) is 7.11 Å². The monoisotopic (exact) mass is 331 g/mol. The summed E-state index contributed by atoms with van der Waals surface area (Å²) in [6.45, 7) is 1.67. The molecule has 7 heteroatoms. The smallest absolute Gasteiger partial charge is 0.231 e. The van der Waals surface area contributed by atoms with Gasteiger partial charge < -0.3 is 28.8 Å². The highest BCUT2D eigenvalue weighted by Crippen LogP contribution is 2.41. The van der Waals surface area contributed by atoms with Gasteiger partial charge in [0, 0.05) is 38.6 Å². The fraction of sp³-hybridized carbons (Fsp3) is 0.471. The van der Waals surface area contributed by atoms with Gasteiger partial charge in [0.2, 0.25) is 12.5 Å². The van der Waals surface area contributed by atoms with Crippen molar-refractivity contribution < 1.29 is 18.9 Å². The largest absolute Gasteiger partial charge is 0.493 e. The van der Waals surface area contributed by atoms with Gasteiger partial charge in [-0.3, -0.25) is 0 Å². The molecule has 0 amide bonds. The SMILES string of the molecule is COc1cc(CN[C@H]2CCO[C@@H]2c2nccn2C)cc2c1OCO2. The molecule has 3 heterocycles. The molecule has 7 nitrogen and oxygen atoms in total. The summed E-state index contributed by atoms with van der Waals surface area (Å²) < 4.78 is 24.2. The summed E-state index contributed by atoms with van der Waals surface area (Å²) in [5, 5.41) is 3.58. The van der Waals surface area contributed by atoms with Crippen molar-refractivity contribution in [2.24, 2.45) is 7.05 Å². The van der Waals surface area contributed by atoms with Crippen LogP contribution in [0.3, 0.4) is 0 Å². The zero-order chi connectivity index (χ0) is 16.5. The van der Waals surface area contributed by atoms with Crippen molar-refractivity contribution in [2.75, 3.05) is 20.5 Å². The van der Waals surface area contributed by atoms with Crippen LogP contribution >= 0.6 is 0 Å². The average molecular weight is 331 g/mol. The molecule has 0 aliphatic carbocycles. The van der Waals surface area contributed by atoms with E-state index in [9.17, 15) is 0 Å². The molecule has 2 aliphatic heterocycles. The maximum Gasteiger partial charge on any atom is 0.231 e. The summed E-state index contributed by atoms with van der Waals surface area (Å²) in [5.74, 6) is 3.06. The topological polar surface area (TPSA) is 66.8 Å². The Balaban J connectivity index is 1.48. The Kier molecular flexibility index (Phi) is 4.03. The second-order valence-electron chi connectivity index (χ2n) is 6.00. The molecule has 4 rings (SSSR count). The number of aryl methyl sites for hydroxylation is 1. The van der Waals surface area contributed by atoms with Gasteiger partial charge in [-0.15, -0.1) is 0 Å². The molecule has 0 unspecified atom stereocenters. The fourth-order valence-electron chi connectivity index (χ4n) is 3.24. The van der Waals surface area contributed by atoms with E-state index in [-0.39, 0.29) is 18.9 Å². The maximum absolute atomic E-state index is 5.88. The number of rotatable bonds is 5. The van der Waals surface area contributed by atoms with Crippen molar-refractivity contribution in [1.82, 2.24) is 14.9 Å². The molecule has 2 aliphatic rings. The molecule has 2 aromatic rings. The number of imidazole rings is 1. The lowest BCUT2D eigenvalue weighted by Gasteiger charge is -2.20. The minimum Gasteiger partial charge on any atom is -0.493 e. The highest BCUT2D eigenvalue weighted by atomic mass is 16.7. The van der Waals surface area contributed by atoms with Crippen LogP contribution < -0.4 is 19.5 Å². The molecule has 24 heavy (non-hydrogen) atoms. The van der Waals surface area contributed by atoms with Crippen LogP contribution in [0.1, 0.15) is 23.9 Å². The number of aromatic nitrogens is 2. The Morgan fingerprint density at radius 2 is 2.29 bits per heavy atom. The van der Waals surface area contributed by atoms with E-state index in [0.29, 0.717) is 18.0 Å². The van der Waals surface area contributed by atoms with E-state index in [4.69, 9.17) is 18.9 Å².